The van der Waals surface area contributed by atoms with Crippen LogP contribution in [-0.4, -0.2) is 18.8 Å². The summed E-state index contributed by atoms with van der Waals surface area (Å²) in [7, 11) is 1.93. The van der Waals surface area contributed by atoms with Crippen LogP contribution in [0.5, 0.6) is 0 Å². The van der Waals surface area contributed by atoms with E-state index in [4.69, 9.17) is 5.11 Å². The first kappa shape index (κ1) is 9.96. The molecule has 0 bridgehead atoms. The van der Waals surface area contributed by atoms with E-state index in [2.05, 4.69) is 17.4 Å². The molecule has 13 heavy (non-hydrogen) atoms. The Morgan fingerprint density at radius 3 is 3.00 bits per heavy atom. The van der Waals surface area contributed by atoms with Crippen molar-refractivity contribution in [2.75, 3.05) is 13.7 Å². The summed E-state index contributed by atoms with van der Waals surface area (Å²) < 4.78 is 0. The van der Waals surface area contributed by atoms with Crippen LogP contribution in [0.4, 0.5) is 0 Å². The third-order valence-electron chi connectivity index (χ3n) is 1.75. The highest BCUT2D eigenvalue weighted by atomic mass is 16.2. The largest absolute Gasteiger partial charge is 0.392 e. The Labute approximate surface area is 78.9 Å². The van der Waals surface area contributed by atoms with Gasteiger partial charge in [0.05, 0.1) is 6.61 Å². The Bertz CT molecular complexity index is 281. The van der Waals surface area contributed by atoms with Crippen LogP contribution in [0.1, 0.15) is 11.1 Å². The molecular formula is C11H15NO. The van der Waals surface area contributed by atoms with Gasteiger partial charge in [-0.1, -0.05) is 36.4 Å². The van der Waals surface area contributed by atoms with Crippen LogP contribution < -0.4 is 5.32 Å². The maximum atomic E-state index is 8.60. The minimum Gasteiger partial charge on any atom is -0.392 e. The van der Waals surface area contributed by atoms with Crippen molar-refractivity contribution in [2.45, 2.75) is 6.54 Å². The maximum absolute atomic E-state index is 8.60. The van der Waals surface area contributed by atoms with Crippen LogP contribution in [0.3, 0.4) is 0 Å². The topological polar surface area (TPSA) is 32.3 Å². The SMILES string of the molecule is CNCc1cccc(C=CCO)c1. The van der Waals surface area contributed by atoms with Crippen LogP contribution in [0.15, 0.2) is 30.3 Å². The molecule has 0 aromatic heterocycles. The van der Waals surface area contributed by atoms with Crippen LogP contribution in [0.25, 0.3) is 6.08 Å². The van der Waals surface area contributed by atoms with Gasteiger partial charge in [-0.25, -0.2) is 0 Å². The van der Waals surface area contributed by atoms with Crippen molar-refractivity contribution >= 4 is 6.08 Å². The van der Waals surface area contributed by atoms with Gasteiger partial charge in [0.1, 0.15) is 0 Å². The summed E-state index contributed by atoms with van der Waals surface area (Å²) in [6.45, 7) is 0.969. The first-order valence-electron chi connectivity index (χ1n) is 4.37. The smallest absolute Gasteiger partial charge is 0.0615 e. The zero-order valence-electron chi connectivity index (χ0n) is 7.83. The fraction of sp³-hybridized carbons (Fsp3) is 0.273. The number of rotatable bonds is 4. The molecule has 2 N–H and O–H groups in total. The highest BCUT2D eigenvalue weighted by Gasteiger charge is 1.90. The Hall–Kier alpha value is -1.12. The Morgan fingerprint density at radius 1 is 1.46 bits per heavy atom. The monoisotopic (exact) mass is 177 g/mol. The summed E-state index contributed by atoms with van der Waals surface area (Å²) in [5, 5.41) is 11.7. The molecule has 0 saturated heterocycles. The quantitative estimate of drug-likeness (QED) is 0.729. The second-order valence-electron chi connectivity index (χ2n) is 2.86. The molecule has 0 saturated carbocycles. The summed E-state index contributed by atoms with van der Waals surface area (Å²) in [6, 6.07) is 8.21. The van der Waals surface area contributed by atoms with Gasteiger partial charge in [0, 0.05) is 6.54 Å². The fourth-order valence-electron chi connectivity index (χ4n) is 1.20. The van der Waals surface area contributed by atoms with Crippen LogP contribution in [0.2, 0.25) is 0 Å². The molecule has 0 aliphatic carbocycles. The highest BCUT2D eigenvalue weighted by molar-refractivity contribution is 5.50. The Kier molecular flexibility index (Phi) is 4.23. The average Bonchev–Trinajstić information content (AvgIpc) is 2.16. The van der Waals surface area contributed by atoms with E-state index < -0.39 is 0 Å². The molecule has 0 amide bonds. The van der Waals surface area contributed by atoms with Gasteiger partial charge < -0.3 is 10.4 Å². The van der Waals surface area contributed by atoms with Gasteiger partial charge in [-0.15, -0.1) is 0 Å². The summed E-state index contributed by atoms with van der Waals surface area (Å²) >= 11 is 0. The zero-order valence-corrected chi connectivity index (χ0v) is 7.83. The van der Waals surface area contributed by atoms with Crippen molar-refractivity contribution in [1.29, 1.82) is 0 Å². The number of nitrogens with one attached hydrogen (secondary N) is 1. The van der Waals surface area contributed by atoms with Crippen molar-refractivity contribution in [3.05, 3.63) is 41.5 Å². The van der Waals surface area contributed by atoms with E-state index in [1.807, 2.05) is 25.3 Å². The molecule has 0 atom stereocenters. The maximum Gasteiger partial charge on any atom is 0.0615 e. The molecule has 1 aromatic rings. The first-order valence-corrected chi connectivity index (χ1v) is 4.37. The van der Waals surface area contributed by atoms with Gasteiger partial charge in [0.15, 0.2) is 0 Å². The van der Waals surface area contributed by atoms with Crippen molar-refractivity contribution in [3.8, 4) is 0 Å². The van der Waals surface area contributed by atoms with E-state index in [-0.39, 0.29) is 6.61 Å². The minimum atomic E-state index is 0.0935. The molecule has 2 heteroatoms. The third kappa shape index (κ3) is 3.40. The lowest BCUT2D eigenvalue weighted by atomic mass is 10.1. The molecule has 1 aromatic carbocycles. The molecule has 2 nitrogen and oxygen atoms in total. The molecule has 0 unspecified atom stereocenters. The Balaban J connectivity index is 2.73. The normalized spacial score (nSPS) is 10.9. The lowest BCUT2D eigenvalue weighted by Crippen LogP contribution is -2.04. The molecule has 0 aliphatic heterocycles. The summed E-state index contributed by atoms with van der Waals surface area (Å²) in [5.41, 5.74) is 2.38. The number of hydrogen-bond acceptors (Lipinski definition) is 2. The van der Waals surface area contributed by atoms with Crippen molar-refractivity contribution < 1.29 is 5.11 Å². The molecule has 0 radical (unpaired) electrons. The summed E-state index contributed by atoms with van der Waals surface area (Å²) in [5.74, 6) is 0. The molecule has 0 fully saturated rings. The van der Waals surface area contributed by atoms with Crippen molar-refractivity contribution in [2.24, 2.45) is 0 Å². The number of hydrogen-bond donors (Lipinski definition) is 2. The molecule has 0 aliphatic rings. The first-order chi connectivity index (χ1) is 6.36. The number of aliphatic hydroxyl groups is 1. The highest BCUT2D eigenvalue weighted by Crippen LogP contribution is 2.06. The van der Waals surface area contributed by atoms with Crippen LogP contribution in [-0.2, 0) is 6.54 Å². The lowest BCUT2D eigenvalue weighted by Gasteiger charge is -2.00. The van der Waals surface area contributed by atoms with Gasteiger partial charge in [-0.2, -0.15) is 0 Å². The van der Waals surface area contributed by atoms with Gasteiger partial charge in [0.25, 0.3) is 0 Å². The van der Waals surface area contributed by atoms with Gasteiger partial charge in [-0.05, 0) is 18.2 Å². The van der Waals surface area contributed by atoms with Gasteiger partial charge in [0.2, 0.25) is 0 Å². The van der Waals surface area contributed by atoms with Crippen LogP contribution in [0, 0.1) is 0 Å². The second kappa shape index (κ2) is 5.51. The predicted octanol–water partition coefficient (Wildman–Crippen LogP) is 1.41. The van der Waals surface area contributed by atoms with E-state index >= 15 is 0 Å². The third-order valence-corrected chi connectivity index (χ3v) is 1.75. The van der Waals surface area contributed by atoms with Gasteiger partial charge in [-0.3, -0.25) is 0 Å². The van der Waals surface area contributed by atoms with E-state index in [1.54, 1.807) is 6.08 Å². The molecule has 0 spiro atoms. The second-order valence-corrected chi connectivity index (χ2v) is 2.86. The lowest BCUT2D eigenvalue weighted by molar-refractivity contribution is 0.343. The number of aliphatic hydroxyl groups excluding tert-OH is 1. The van der Waals surface area contributed by atoms with Gasteiger partial charge >= 0.3 is 0 Å². The van der Waals surface area contributed by atoms with E-state index in [9.17, 15) is 0 Å². The standard InChI is InChI=1S/C11H15NO/c1-12-9-11-5-2-4-10(8-11)6-3-7-13/h2-6,8,12-13H,7,9H2,1H3. The molecule has 1 rings (SSSR count). The predicted molar refractivity (Wildman–Crippen MR) is 55.3 cm³/mol. The summed E-state index contributed by atoms with van der Waals surface area (Å²) in [6.07, 6.45) is 3.65. The minimum absolute atomic E-state index is 0.0935. The summed E-state index contributed by atoms with van der Waals surface area (Å²) in [4.78, 5) is 0. The van der Waals surface area contributed by atoms with Crippen molar-refractivity contribution in [3.63, 3.8) is 0 Å². The van der Waals surface area contributed by atoms with E-state index in [0.29, 0.717) is 0 Å². The van der Waals surface area contributed by atoms with E-state index in [0.717, 1.165) is 12.1 Å². The van der Waals surface area contributed by atoms with E-state index in [1.165, 1.54) is 5.56 Å². The van der Waals surface area contributed by atoms with Crippen molar-refractivity contribution in [1.82, 2.24) is 5.32 Å². The average molecular weight is 177 g/mol. The van der Waals surface area contributed by atoms with Crippen LogP contribution >= 0.6 is 0 Å². The Morgan fingerprint density at radius 2 is 2.31 bits per heavy atom. The molecule has 70 valence electrons. The molecular weight excluding hydrogens is 162 g/mol. The fourth-order valence-corrected chi connectivity index (χ4v) is 1.20. The number of benzene rings is 1. The zero-order chi connectivity index (χ0) is 9.52. The molecule has 0 heterocycles.